The fourth-order valence-corrected chi connectivity index (χ4v) is 2.67. The van der Waals surface area contributed by atoms with E-state index in [0.717, 1.165) is 0 Å². The van der Waals surface area contributed by atoms with Crippen molar-refractivity contribution in [3.05, 3.63) is 23.8 Å². The van der Waals surface area contributed by atoms with Crippen molar-refractivity contribution in [3.8, 4) is 6.07 Å². The Hall–Kier alpha value is -2.11. The fourth-order valence-electron chi connectivity index (χ4n) is 1.52. The Morgan fingerprint density at radius 2 is 2.15 bits per heavy atom. The van der Waals surface area contributed by atoms with Crippen LogP contribution in [0.5, 0.6) is 0 Å². The third-order valence-electron chi connectivity index (χ3n) is 2.45. The average molecular weight is 296 g/mol. The molecule has 0 saturated heterocycles. The van der Waals surface area contributed by atoms with Crippen LogP contribution in [0.25, 0.3) is 0 Å². The molecule has 1 rings (SSSR count). The molecular formula is C12H16N4O3S. The summed E-state index contributed by atoms with van der Waals surface area (Å²) in [7, 11) is -3.79. The highest BCUT2D eigenvalue weighted by molar-refractivity contribution is 7.89. The van der Waals surface area contributed by atoms with E-state index in [9.17, 15) is 13.2 Å². The predicted molar refractivity (Wildman–Crippen MR) is 74.1 cm³/mol. The minimum atomic E-state index is -3.79. The topological polar surface area (TPSA) is 125 Å². The third-order valence-corrected chi connectivity index (χ3v) is 3.98. The van der Waals surface area contributed by atoms with Crippen LogP contribution in [-0.2, 0) is 14.8 Å². The molecule has 0 atom stereocenters. The lowest BCUT2D eigenvalue weighted by atomic mass is 10.2. The maximum Gasteiger partial charge on any atom is 0.242 e. The summed E-state index contributed by atoms with van der Waals surface area (Å²) in [5.41, 5.74) is 5.89. The van der Waals surface area contributed by atoms with Crippen LogP contribution in [0, 0.1) is 11.3 Å². The average Bonchev–Trinajstić information content (AvgIpc) is 2.38. The minimum absolute atomic E-state index is 0.00504. The molecule has 0 aliphatic heterocycles. The number of carbonyl (C=O) groups excluding carboxylic acids is 1. The molecule has 0 saturated carbocycles. The van der Waals surface area contributed by atoms with Gasteiger partial charge in [0, 0.05) is 19.5 Å². The van der Waals surface area contributed by atoms with Gasteiger partial charge in [-0.05, 0) is 25.1 Å². The largest absolute Gasteiger partial charge is 0.398 e. The van der Waals surface area contributed by atoms with Gasteiger partial charge in [0.05, 0.1) is 17.3 Å². The number of nitrogens with one attached hydrogen (secondary N) is 2. The van der Waals surface area contributed by atoms with Gasteiger partial charge in [-0.2, -0.15) is 5.26 Å². The van der Waals surface area contributed by atoms with E-state index in [1.165, 1.54) is 18.2 Å². The zero-order valence-corrected chi connectivity index (χ0v) is 11.8. The Morgan fingerprint density at radius 3 is 2.70 bits per heavy atom. The Kier molecular flexibility index (Phi) is 5.49. The van der Waals surface area contributed by atoms with Crippen molar-refractivity contribution in [2.45, 2.75) is 18.2 Å². The second-order valence-electron chi connectivity index (χ2n) is 3.97. The molecule has 0 fully saturated rings. The maximum atomic E-state index is 12.0. The molecule has 20 heavy (non-hydrogen) atoms. The summed E-state index contributed by atoms with van der Waals surface area (Å²) in [5.74, 6) is -0.233. The Balaban J connectivity index is 2.75. The molecule has 108 valence electrons. The van der Waals surface area contributed by atoms with E-state index in [0.29, 0.717) is 6.54 Å². The highest BCUT2D eigenvalue weighted by Gasteiger charge is 2.17. The van der Waals surface area contributed by atoms with E-state index in [1.807, 2.05) is 6.07 Å². The summed E-state index contributed by atoms with van der Waals surface area (Å²) in [4.78, 5) is 11.1. The van der Waals surface area contributed by atoms with E-state index in [1.54, 1.807) is 6.92 Å². The Labute approximate surface area is 117 Å². The lowest BCUT2D eigenvalue weighted by Gasteiger charge is -2.09. The van der Waals surface area contributed by atoms with Crippen LogP contribution in [0.15, 0.2) is 23.1 Å². The number of sulfonamides is 1. The zero-order chi connectivity index (χ0) is 15.2. The van der Waals surface area contributed by atoms with E-state index >= 15 is 0 Å². The molecule has 4 N–H and O–H groups in total. The molecule has 1 aromatic carbocycles. The van der Waals surface area contributed by atoms with Crippen LogP contribution in [-0.4, -0.2) is 27.4 Å². The third kappa shape index (κ3) is 4.22. The number of nitrogen functional groups attached to an aromatic ring is 1. The number of hydrogen-bond donors (Lipinski definition) is 3. The zero-order valence-electron chi connectivity index (χ0n) is 11.0. The molecular weight excluding hydrogens is 280 g/mol. The summed E-state index contributed by atoms with van der Waals surface area (Å²) in [5, 5.41) is 11.3. The molecule has 0 radical (unpaired) electrons. The first-order chi connectivity index (χ1) is 9.40. The van der Waals surface area contributed by atoms with Crippen molar-refractivity contribution in [3.63, 3.8) is 0 Å². The fraction of sp³-hybridized carbons (Fsp3) is 0.333. The Bertz CT molecular complexity index is 635. The number of carbonyl (C=O) groups is 1. The lowest BCUT2D eigenvalue weighted by Crippen LogP contribution is -2.31. The molecule has 1 aromatic rings. The number of nitrogens with zero attached hydrogens (tertiary/aromatic N) is 1. The van der Waals surface area contributed by atoms with Crippen molar-refractivity contribution in [2.75, 3.05) is 18.8 Å². The van der Waals surface area contributed by atoms with E-state index in [2.05, 4.69) is 10.0 Å². The van der Waals surface area contributed by atoms with E-state index < -0.39 is 10.0 Å². The van der Waals surface area contributed by atoms with Crippen molar-refractivity contribution in [1.29, 1.82) is 5.26 Å². The molecule has 0 heterocycles. The van der Waals surface area contributed by atoms with Gasteiger partial charge >= 0.3 is 0 Å². The molecule has 0 bridgehead atoms. The van der Waals surface area contributed by atoms with E-state index in [-0.39, 0.29) is 35.0 Å². The van der Waals surface area contributed by atoms with Gasteiger partial charge < -0.3 is 11.1 Å². The van der Waals surface area contributed by atoms with Crippen LogP contribution in [0.3, 0.4) is 0 Å². The summed E-state index contributed by atoms with van der Waals surface area (Å²) >= 11 is 0. The van der Waals surface area contributed by atoms with Gasteiger partial charge in [-0.3, -0.25) is 4.79 Å². The van der Waals surface area contributed by atoms with Crippen molar-refractivity contribution in [2.24, 2.45) is 0 Å². The van der Waals surface area contributed by atoms with Crippen LogP contribution >= 0.6 is 0 Å². The normalized spacial score (nSPS) is 10.8. The van der Waals surface area contributed by atoms with Crippen LogP contribution in [0.1, 0.15) is 18.9 Å². The van der Waals surface area contributed by atoms with Gasteiger partial charge in [0.15, 0.2) is 0 Å². The van der Waals surface area contributed by atoms with Crippen molar-refractivity contribution in [1.82, 2.24) is 10.0 Å². The molecule has 1 amide bonds. The first-order valence-electron chi connectivity index (χ1n) is 5.96. The molecule has 0 unspecified atom stereocenters. The molecule has 0 aliphatic rings. The first-order valence-corrected chi connectivity index (χ1v) is 7.45. The van der Waals surface area contributed by atoms with Crippen LogP contribution in [0.4, 0.5) is 5.69 Å². The highest BCUT2D eigenvalue weighted by atomic mass is 32.2. The van der Waals surface area contributed by atoms with Gasteiger partial charge in [0.2, 0.25) is 15.9 Å². The van der Waals surface area contributed by atoms with Gasteiger partial charge in [-0.25, -0.2) is 13.1 Å². The number of benzene rings is 1. The van der Waals surface area contributed by atoms with Crippen LogP contribution in [0.2, 0.25) is 0 Å². The van der Waals surface area contributed by atoms with Gasteiger partial charge in [-0.15, -0.1) is 0 Å². The number of anilines is 1. The summed E-state index contributed by atoms with van der Waals surface area (Å²) in [6.07, 6.45) is 0.0449. The molecule has 0 aromatic heterocycles. The number of nitrogens with two attached hydrogens (primary N) is 1. The van der Waals surface area contributed by atoms with E-state index in [4.69, 9.17) is 11.0 Å². The number of amides is 1. The molecule has 0 aliphatic carbocycles. The maximum absolute atomic E-state index is 12.0. The number of nitriles is 1. The second kappa shape index (κ2) is 6.88. The summed E-state index contributed by atoms with van der Waals surface area (Å²) in [6.45, 7) is 2.25. The molecule has 7 nitrogen and oxygen atoms in total. The van der Waals surface area contributed by atoms with Crippen molar-refractivity contribution >= 4 is 21.6 Å². The SMILES string of the molecule is CCNC(=O)CCNS(=O)(=O)c1ccc(C#N)cc1N. The van der Waals surface area contributed by atoms with Gasteiger partial charge in [-0.1, -0.05) is 0 Å². The lowest BCUT2D eigenvalue weighted by molar-refractivity contribution is -0.120. The second-order valence-corrected chi connectivity index (χ2v) is 5.70. The monoisotopic (exact) mass is 296 g/mol. The number of rotatable bonds is 6. The van der Waals surface area contributed by atoms with Crippen molar-refractivity contribution < 1.29 is 13.2 Å². The molecule has 0 spiro atoms. The summed E-state index contributed by atoms with van der Waals surface area (Å²) in [6, 6.07) is 5.80. The van der Waals surface area contributed by atoms with Gasteiger partial charge in [0.25, 0.3) is 0 Å². The predicted octanol–water partition coefficient (Wildman–Crippen LogP) is -0.0550. The highest BCUT2D eigenvalue weighted by Crippen LogP contribution is 2.19. The molecule has 8 heteroatoms. The minimum Gasteiger partial charge on any atom is -0.398 e. The quantitative estimate of drug-likeness (QED) is 0.634. The smallest absolute Gasteiger partial charge is 0.242 e. The number of hydrogen-bond acceptors (Lipinski definition) is 5. The first kappa shape index (κ1) is 15.9. The summed E-state index contributed by atoms with van der Waals surface area (Å²) < 4.78 is 26.3. The standard InChI is InChI=1S/C12H16N4O3S/c1-2-15-12(17)5-6-16-20(18,19)11-4-3-9(8-13)7-10(11)14/h3-4,7,16H,2,5-6,14H2,1H3,(H,15,17). The Morgan fingerprint density at radius 1 is 1.45 bits per heavy atom. The van der Waals surface area contributed by atoms with Gasteiger partial charge in [0.1, 0.15) is 4.90 Å². The van der Waals surface area contributed by atoms with Crippen LogP contribution < -0.4 is 15.8 Å².